The first-order valence-corrected chi connectivity index (χ1v) is 10.9. The summed E-state index contributed by atoms with van der Waals surface area (Å²) in [5.41, 5.74) is -0.152. The molecule has 4 rings (SSSR count). The zero-order chi connectivity index (χ0) is 22.4. The highest BCUT2D eigenvalue weighted by Gasteiger charge is 2.57. The molecule has 1 aliphatic carbocycles. The van der Waals surface area contributed by atoms with Gasteiger partial charge in [0, 0.05) is 25.6 Å². The van der Waals surface area contributed by atoms with Gasteiger partial charge >= 0.3 is 0 Å². The van der Waals surface area contributed by atoms with E-state index in [1.54, 1.807) is 12.3 Å². The van der Waals surface area contributed by atoms with Crippen molar-refractivity contribution in [2.24, 2.45) is 16.7 Å². The van der Waals surface area contributed by atoms with Crippen LogP contribution < -0.4 is 0 Å². The lowest BCUT2D eigenvalue weighted by atomic mass is 9.63. The summed E-state index contributed by atoms with van der Waals surface area (Å²) in [7, 11) is 0. The number of rotatable bonds is 4. The monoisotopic (exact) mass is 429 g/mol. The predicted molar refractivity (Wildman–Crippen MR) is 113 cm³/mol. The van der Waals surface area contributed by atoms with Gasteiger partial charge in [0.2, 0.25) is 5.91 Å². The van der Waals surface area contributed by atoms with Gasteiger partial charge in [0.25, 0.3) is 0 Å². The van der Waals surface area contributed by atoms with E-state index in [1.165, 1.54) is 18.2 Å². The number of likely N-dealkylation sites (tertiary alicyclic amines) is 1. The zero-order valence-electron chi connectivity index (χ0n) is 18.2. The number of amides is 1. The van der Waals surface area contributed by atoms with Crippen molar-refractivity contribution in [1.82, 2.24) is 15.1 Å². The molecule has 3 atom stereocenters. The van der Waals surface area contributed by atoms with Crippen LogP contribution in [0.25, 0.3) is 11.3 Å². The van der Waals surface area contributed by atoms with Gasteiger partial charge < -0.3 is 10.0 Å². The molecule has 2 aliphatic rings. The number of benzene rings is 1. The van der Waals surface area contributed by atoms with Gasteiger partial charge in [-0.2, -0.15) is 10.2 Å². The molecule has 2 heterocycles. The number of carbonyl (C=O) groups is 1. The number of halogens is 2. The van der Waals surface area contributed by atoms with Crippen LogP contribution in [0.3, 0.4) is 0 Å². The van der Waals surface area contributed by atoms with Crippen LogP contribution in [0.2, 0.25) is 0 Å². The van der Waals surface area contributed by atoms with Crippen molar-refractivity contribution in [3.8, 4) is 11.3 Å². The molecule has 5 nitrogen and oxygen atoms in total. The second kappa shape index (κ2) is 7.93. The molecule has 0 unspecified atom stereocenters. The van der Waals surface area contributed by atoms with Crippen molar-refractivity contribution in [3.63, 3.8) is 0 Å². The molecule has 1 aliphatic heterocycles. The smallest absolute Gasteiger partial charge is 0.229 e. The number of hydrogen-bond acceptors (Lipinski definition) is 4. The molecule has 1 saturated carbocycles. The van der Waals surface area contributed by atoms with E-state index in [-0.39, 0.29) is 35.6 Å². The Hall–Kier alpha value is -2.41. The summed E-state index contributed by atoms with van der Waals surface area (Å²) in [5.74, 6) is -1.08. The Morgan fingerprint density at radius 2 is 1.94 bits per heavy atom. The molecule has 2 fully saturated rings. The molecule has 1 saturated heterocycles. The maximum atomic E-state index is 14.3. The van der Waals surface area contributed by atoms with E-state index >= 15 is 0 Å². The molecule has 0 spiro atoms. The van der Waals surface area contributed by atoms with E-state index in [2.05, 4.69) is 24.0 Å². The molecule has 2 aromatic rings. The highest BCUT2D eigenvalue weighted by Crippen LogP contribution is 2.60. The summed E-state index contributed by atoms with van der Waals surface area (Å²) >= 11 is 0. The van der Waals surface area contributed by atoms with E-state index < -0.39 is 22.5 Å². The third kappa shape index (κ3) is 3.53. The van der Waals surface area contributed by atoms with Crippen LogP contribution in [0.1, 0.15) is 51.5 Å². The standard InChI is InChI=1S/C24H29F2N3O2/c1-23(2)17(7-9-24(23,3)22(31)29-10-8-15(13-29)14-30)16-11-20(28-27-12-16)21-18(25)5-4-6-19(21)26/h4-6,11-12,15,17,30H,7-10,13-14H2,1-3H3/t15-,17+,24+/m0/s1. The molecule has 31 heavy (non-hydrogen) atoms. The molecule has 166 valence electrons. The maximum absolute atomic E-state index is 14.3. The minimum absolute atomic E-state index is 0.00164. The number of nitrogens with zero attached hydrogens (tertiary/aromatic N) is 3. The first-order valence-electron chi connectivity index (χ1n) is 10.9. The lowest BCUT2D eigenvalue weighted by Gasteiger charge is -2.42. The van der Waals surface area contributed by atoms with Crippen molar-refractivity contribution in [2.45, 2.75) is 46.0 Å². The zero-order valence-corrected chi connectivity index (χ0v) is 18.2. The number of carbonyl (C=O) groups excluding carboxylic acids is 1. The molecule has 0 bridgehead atoms. The average Bonchev–Trinajstić information content (AvgIpc) is 3.31. The van der Waals surface area contributed by atoms with Gasteiger partial charge in [-0.1, -0.05) is 26.8 Å². The molecule has 1 aromatic carbocycles. The molecule has 1 N–H and O–H groups in total. The first-order chi connectivity index (χ1) is 14.7. The Kier molecular flexibility index (Phi) is 5.58. The van der Waals surface area contributed by atoms with Gasteiger partial charge in [0.05, 0.1) is 22.9 Å². The Bertz CT molecular complexity index is 976. The summed E-state index contributed by atoms with van der Waals surface area (Å²) in [6, 6.07) is 5.44. The molecule has 1 aromatic heterocycles. The number of aliphatic hydroxyl groups excluding tert-OH is 1. The molecular formula is C24H29F2N3O2. The topological polar surface area (TPSA) is 66.3 Å². The normalized spacial score (nSPS) is 27.6. The summed E-state index contributed by atoms with van der Waals surface area (Å²) < 4.78 is 28.6. The van der Waals surface area contributed by atoms with Crippen LogP contribution in [0, 0.1) is 28.4 Å². The summed E-state index contributed by atoms with van der Waals surface area (Å²) in [4.78, 5) is 15.4. The van der Waals surface area contributed by atoms with Gasteiger partial charge in [0.1, 0.15) is 11.6 Å². The van der Waals surface area contributed by atoms with Crippen molar-refractivity contribution >= 4 is 5.91 Å². The fourth-order valence-electron chi connectivity index (χ4n) is 5.42. The van der Waals surface area contributed by atoms with Gasteiger partial charge in [-0.15, -0.1) is 0 Å². The number of aromatic nitrogens is 2. The van der Waals surface area contributed by atoms with Gasteiger partial charge in [-0.05, 0) is 54.4 Å². The van der Waals surface area contributed by atoms with Gasteiger partial charge in [-0.25, -0.2) is 8.78 Å². The Morgan fingerprint density at radius 3 is 2.58 bits per heavy atom. The fourth-order valence-corrected chi connectivity index (χ4v) is 5.42. The van der Waals surface area contributed by atoms with Crippen molar-refractivity contribution < 1.29 is 18.7 Å². The van der Waals surface area contributed by atoms with E-state index in [0.717, 1.165) is 24.8 Å². The first kappa shape index (κ1) is 21.8. The quantitative estimate of drug-likeness (QED) is 0.792. The van der Waals surface area contributed by atoms with Crippen molar-refractivity contribution in [1.29, 1.82) is 0 Å². The SMILES string of the molecule is CC1(C)[C@@H](c2cnnc(-c3c(F)cccc3F)c2)CC[C@]1(C)C(=O)N1CC[C@H](CO)C1. The van der Waals surface area contributed by atoms with Crippen LogP contribution in [0.5, 0.6) is 0 Å². The summed E-state index contributed by atoms with van der Waals surface area (Å²) in [6.45, 7) is 7.57. The lowest BCUT2D eigenvalue weighted by molar-refractivity contribution is -0.145. The lowest BCUT2D eigenvalue weighted by Crippen LogP contribution is -2.48. The maximum Gasteiger partial charge on any atom is 0.229 e. The fraction of sp³-hybridized carbons (Fsp3) is 0.542. The van der Waals surface area contributed by atoms with Crippen molar-refractivity contribution in [2.75, 3.05) is 19.7 Å². The Labute approximate surface area is 181 Å². The van der Waals surface area contributed by atoms with Gasteiger partial charge in [-0.3, -0.25) is 4.79 Å². The second-order valence-electron chi connectivity index (χ2n) is 9.70. The van der Waals surface area contributed by atoms with Crippen LogP contribution in [0.15, 0.2) is 30.5 Å². The molecule has 0 radical (unpaired) electrons. The number of hydrogen-bond donors (Lipinski definition) is 1. The highest BCUT2D eigenvalue weighted by atomic mass is 19.1. The second-order valence-corrected chi connectivity index (χ2v) is 9.70. The van der Waals surface area contributed by atoms with Crippen LogP contribution in [-0.2, 0) is 4.79 Å². The van der Waals surface area contributed by atoms with Crippen LogP contribution >= 0.6 is 0 Å². The summed E-state index contributed by atoms with van der Waals surface area (Å²) in [6.07, 6.45) is 3.96. The Morgan fingerprint density at radius 1 is 1.23 bits per heavy atom. The van der Waals surface area contributed by atoms with Crippen LogP contribution in [0.4, 0.5) is 8.78 Å². The summed E-state index contributed by atoms with van der Waals surface area (Å²) in [5, 5.41) is 17.5. The van der Waals surface area contributed by atoms with E-state index in [9.17, 15) is 18.7 Å². The van der Waals surface area contributed by atoms with E-state index in [1.807, 2.05) is 11.8 Å². The minimum atomic E-state index is -0.676. The average molecular weight is 430 g/mol. The largest absolute Gasteiger partial charge is 0.396 e. The minimum Gasteiger partial charge on any atom is -0.396 e. The van der Waals surface area contributed by atoms with E-state index in [4.69, 9.17) is 0 Å². The molecule has 7 heteroatoms. The van der Waals surface area contributed by atoms with E-state index in [0.29, 0.717) is 13.1 Å². The van der Waals surface area contributed by atoms with Gasteiger partial charge in [0.15, 0.2) is 0 Å². The van der Waals surface area contributed by atoms with Crippen molar-refractivity contribution in [3.05, 3.63) is 47.7 Å². The number of aliphatic hydroxyl groups is 1. The molecule has 1 amide bonds. The predicted octanol–water partition coefficient (Wildman–Crippen LogP) is 4.17. The van der Waals surface area contributed by atoms with Crippen LogP contribution in [-0.4, -0.2) is 45.8 Å². The Balaban J connectivity index is 1.64. The third-order valence-corrected chi connectivity index (χ3v) is 7.83. The molecular weight excluding hydrogens is 400 g/mol. The highest BCUT2D eigenvalue weighted by molar-refractivity contribution is 5.84. The third-order valence-electron chi connectivity index (χ3n) is 7.83.